The number of anilines is 1. The van der Waals surface area contributed by atoms with Crippen LogP contribution in [0.2, 0.25) is 0 Å². The molecule has 1 atom stereocenters. The summed E-state index contributed by atoms with van der Waals surface area (Å²) in [5.41, 5.74) is 7.24. The molecule has 0 radical (unpaired) electrons. The van der Waals surface area contributed by atoms with Gasteiger partial charge in [-0.3, -0.25) is 4.79 Å². The van der Waals surface area contributed by atoms with Crippen molar-refractivity contribution in [2.24, 2.45) is 5.73 Å². The maximum atomic E-state index is 11.2. The number of amides is 1. The predicted octanol–water partition coefficient (Wildman–Crippen LogP) is 3.74. The van der Waals surface area contributed by atoms with Gasteiger partial charge in [-0.15, -0.1) is 23.1 Å². The summed E-state index contributed by atoms with van der Waals surface area (Å²) in [5.74, 6) is -0.349. The average molecular weight is 318 g/mol. The second-order valence-electron chi connectivity index (χ2n) is 5.27. The Labute approximate surface area is 133 Å². The molecular weight excluding hydrogens is 300 g/mol. The first-order valence-electron chi connectivity index (χ1n) is 7.01. The lowest BCUT2D eigenvalue weighted by Crippen LogP contribution is -2.23. The minimum Gasteiger partial charge on any atom is -0.366 e. The van der Waals surface area contributed by atoms with E-state index in [1.165, 1.54) is 15.5 Å². The summed E-state index contributed by atoms with van der Waals surface area (Å²) in [6.07, 6.45) is 1.16. The molecule has 2 heterocycles. The van der Waals surface area contributed by atoms with Crippen LogP contribution < -0.4 is 10.6 Å². The molecular formula is C16H18N2OS2. The zero-order valence-electron chi connectivity index (χ0n) is 11.9. The van der Waals surface area contributed by atoms with Crippen molar-refractivity contribution in [3.63, 3.8) is 0 Å². The van der Waals surface area contributed by atoms with Crippen LogP contribution in [0.1, 0.15) is 28.6 Å². The number of para-hydroxylation sites is 1. The van der Waals surface area contributed by atoms with Crippen LogP contribution in [0.3, 0.4) is 0 Å². The van der Waals surface area contributed by atoms with Gasteiger partial charge in [-0.1, -0.05) is 19.1 Å². The van der Waals surface area contributed by atoms with Gasteiger partial charge in [-0.2, -0.15) is 0 Å². The molecule has 1 amide bonds. The minimum absolute atomic E-state index is 0.349. The SMILES string of the molecule is CC1CCN(Cc2cc(C(N)=O)cs2)c2ccccc2S1. The number of hydrogen-bond acceptors (Lipinski definition) is 4. The molecule has 3 rings (SSSR count). The normalized spacial score (nSPS) is 18.1. The van der Waals surface area contributed by atoms with Crippen molar-refractivity contribution in [1.29, 1.82) is 0 Å². The highest BCUT2D eigenvalue weighted by atomic mass is 32.2. The Kier molecular flexibility index (Phi) is 4.22. The van der Waals surface area contributed by atoms with Crippen molar-refractivity contribution < 1.29 is 4.79 Å². The number of primary amides is 1. The molecule has 0 fully saturated rings. The monoisotopic (exact) mass is 318 g/mol. The molecule has 110 valence electrons. The fraction of sp³-hybridized carbons (Fsp3) is 0.312. The summed E-state index contributed by atoms with van der Waals surface area (Å²) in [4.78, 5) is 16.1. The summed E-state index contributed by atoms with van der Waals surface area (Å²) >= 11 is 3.55. The number of carbonyl (C=O) groups excluding carboxylic acids is 1. The van der Waals surface area contributed by atoms with Gasteiger partial charge in [0.1, 0.15) is 0 Å². The molecule has 21 heavy (non-hydrogen) atoms. The van der Waals surface area contributed by atoms with Crippen molar-refractivity contribution in [2.45, 2.75) is 30.0 Å². The first-order valence-corrected chi connectivity index (χ1v) is 8.77. The van der Waals surface area contributed by atoms with E-state index in [0.29, 0.717) is 10.8 Å². The van der Waals surface area contributed by atoms with Crippen LogP contribution in [0, 0.1) is 0 Å². The van der Waals surface area contributed by atoms with Crippen LogP contribution in [0.5, 0.6) is 0 Å². The van der Waals surface area contributed by atoms with E-state index in [4.69, 9.17) is 5.73 Å². The first-order chi connectivity index (χ1) is 10.1. The summed E-state index contributed by atoms with van der Waals surface area (Å²) < 4.78 is 0. The zero-order chi connectivity index (χ0) is 14.8. The topological polar surface area (TPSA) is 46.3 Å². The number of thiophene rings is 1. The van der Waals surface area contributed by atoms with E-state index in [-0.39, 0.29) is 5.91 Å². The molecule has 1 unspecified atom stereocenters. The lowest BCUT2D eigenvalue weighted by molar-refractivity contribution is 0.100. The number of nitrogens with two attached hydrogens (primary N) is 1. The Morgan fingerprint density at radius 3 is 3.00 bits per heavy atom. The summed E-state index contributed by atoms with van der Waals surface area (Å²) in [7, 11) is 0. The van der Waals surface area contributed by atoms with Crippen LogP contribution in [-0.4, -0.2) is 17.7 Å². The van der Waals surface area contributed by atoms with Crippen molar-refractivity contribution in [3.8, 4) is 0 Å². The number of benzene rings is 1. The van der Waals surface area contributed by atoms with E-state index in [2.05, 4.69) is 36.1 Å². The van der Waals surface area contributed by atoms with E-state index in [1.807, 2.05) is 23.2 Å². The summed E-state index contributed by atoms with van der Waals surface area (Å²) in [5, 5.41) is 2.47. The first kappa shape index (κ1) is 14.5. The van der Waals surface area contributed by atoms with Crippen LogP contribution in [-0.2, 0) is 6.54 Å². The highest BCUT2D eigenvalue weighted by Crippen LogP contribution is 2.38. The van der Waals surface area contributed by atoms with Crippen LogP contribution in [0.25, 0.3) is 0 Å². The van der Waals surface area contributed by atoms with Gasteiger partial charge >= 0.3 is 0 Å². The number of fused-ring (bicyclic) bond motifs is 1. The molecule has 0 bridgehead atoms. The number of nitrogens with zero attached hydrogens (tertiary/aromatic N) is 1. The van der Waals surface area contributed by atoms with Crippen molar-refractivity contribution in [1.82, 2.24) is 0 Å². The minimum atomic E-state index is -0.349. The Morgan fingerprint density at radius 1 is 1.43 bits per heavy atom. The van der Waals surface area contributed by atoms with Crippen LogP contribution >= 0.6 is 23.1 Å². The second kappa shape index (κ2) is 6.12. The zero-order valence-corrected chi connectivity index (χ0v) is 13.5. The number of thioether (sulfide) groups is 1. The van der Waals surface area contributed by atoms with Crippen LogP contribution in [0.4, 0.5) is 5.69 Å². The molecule has 0 aliphatic carbocycles. The smallest absolute Gasteiger partial charge is 0.249 e. The third-order valence-corrected chi connectivity index (χ3v) is 5.78. The second-order valence-corrected chi connectivity index (χ2v) is 7.75. The third kappa shape index (κ3) is 3.24. The van der Waals surface area contributed by atoms with Gasteiger partial charge in [0.2, 0.25) is 5.91 Å². The van der Waals surface area contributed by atoms with Gasteiger partial charge in [-0.25, -0.2) is 0 Å². The lowest BCUT2D eigenvalue weighted by atomic mass is 10.2. The molecule has 5 heteroatoms. The number of carbonyl (C=O) groups is 1. The van der Waals surface area contributed by atoms with Gasteiger partial charge in [-0.05, 0) is 24.6 Å². The molecule has 1 aromatic heterocycles. The molecule has 1 aliphatic rings. The Morgan fingerprint density at radius 2 is 2.24 bits per heavy atom. The van der Waals surface area contributed by atoms with E-state index >= 15 is 0 Å². The van der Waals surface area contributed by atoms with E-state index in [1.54, 1.807) is 11.3 Å². The quantitative estimate of drug-likeness (QED) is 0.938. The van der Waals surface area contributed by atoms with Gasteiger partial charge in [0, 0.05) is 26.9 Å². The molecule has 1 aliphatic heterocycles. The molecule has 0 spiro atoms. The molecule has 2 N–H and O–H groups in total. The summed E-state index contributed by atoms with van der Waals surface area (Å²) in [6.45, 7) is 4.15. The Bertz CT molecular complexity index is 653. The maximum absolute atomic E-state index is 11.2. The Hall–Kier alpha value is -1.46. The molecule has 1 aromatic carbocycles. The van der Waals surface area contributed by atoms with Gasteiger partial charge < -0.3 is 10.6 Å². The van der Waals surface area contributed by atoms with E-state index in [9.17, 15) is 4.79 Å². The van der Waals surface area contributed by atoms with Crippen molar-refractivity contribution in [3.05, 3.63) is 46.2 Å². The van der Waals surface area contributed by atoms with E-state index in [0.717, 1.165) is 19.5 Å². The highest BCUT2D eigenvalue weighted by molar-refractivity contribution is 8.00. The highest BCUT2D eigenvalue weighted by Gasteiger charge is 2.20. The molecule has 3 nitrogen and oxygen atoms in total. The average Bonchev–Trinajstić information content (AvgIpc) is 2.86. The number of rotatable bonds is 3. The molecule has 0 saturated heterocycles. The fourth-order valence-corrected chi connectivity index (χ4v) is 4.52. The Balaban J connectivity index is 1.85. The molecule has 0 saturated carbocycles. The predicted molar refractivity (Wildman–Crippen MR) is 90.3 cm³/mol. The van der Waals surface area contributed by atoms with E-state index < -0.39 is 0 Å². The number of hydrogen-bond donors (Lipinski definition) is 1. The standard InChI is InChI=1S/C16H18N2OS2/c1-11-6-7-18(14-4-2-3-5-15(14)21-11)9-13-8-12(10-20-13)16(17)19/h2-5,8,10-11H,6-7,9H2,1H3,(H2,17,19). The summed E-state index contributed by atoms with van der Waals surface area (Å²) in [6, 6.07) is 10.5. The van der Waals surface area contributed by atoms with Crippen molar-refractivity contribution >= 4 is 34.7 Å². The van der Waals surface area contributed by atoms with Crippen LogP contribution in [0.15, 0.2) is 40.6 Å². The fourth-order valence-electron chi connectivity index (χ4n) is 2.50. The van der Waals surface area contributed by atoms with Crippen molar-refractivity contribution in [2.75, 3.05) is 11.4 Å². The van der Waals surface area contributed by atoms with Gasteiger partial charge in [0.05, 0.1) is 17.8 Å². The maximum Gasteiger partial charge on any atom is 0.249 e. The molecule has 2 aromatic rings. The largest absolute Gasteiger partial charge is 0.366 e. The lowest BCUT2D eigenvalue weighted by Gasteiger charge is -2.23. The van der Waals surface area contributed by atoms with Gasteiger partial charge in [0.15, 0.2) is 0 Å². The third-order valence-electron chi connectivity index (χ3n) is 3.62. The van der Waals surface area contributed by atoms with Gasteiger partial charge in [0.25, 0.3) is 0 Å².